The molecule has 0 saturated heterocycles. The minimum Gasteiger partial charge on any atom is -0.392 e. The summed E-state index contributed by atoms with van der Waals surface area (Å²) in [5, 5.41) is 9.52. The van der Waals surface area contributed by atoms with E-state index in [1.165, 1.54) is 0 Å². The molecule has 0 aromatic carbocycles. The van der Waals surface area contributed by atoms with E-state index in [0.717, 1.165) is 29.5 Å². The maximum absolute atomic E-state index is 8.77. The van der Waals surface area contributed by atoms with Crippen molar-refractivity contribution in [1.29, 1.82) is 0 Å². The molecule has 0 amide bonds. The third-order valence-corrected chi connectivity index (χ3v) is 2.55. The first kappa shape index (κ1) is 11.4. The van der Waals surface area contributed by atoms with Crippen molar-refractivity contribution in [2.75, 3.05) is 19.5 Å². The van der Waals surface area contributed by atoms with E-state index in [0.29, 0.717) is 0 Å². The molecule has 78 valence electrons. The van der Waals surface area contributed by atoms with Crippen LogP contribution in [0.4, 0.5) is 0 Å². The van der Waals surface area contributed by atoms with Crippen LogP contribution in [0, 0.1) is 0 Å². The summed E-state index contributed by atoms with van der Waals surface area (Å²) >= 11 is 1.60. The Labute approximate surface area is 87.7 Å². The van der Waals surface area contributed by atoms with Crippen LogP contribution in [-0.4, -0.2) is 34.5 Å². The van der Waals surface area contributed by atoms with Gasteiger partial charge in [-0.1, -0.05) is 11.8 Å². The molecule has 0 spiro atoms. The van der Waals surface area contributed by atoms with Gasteiger partial charge in [0.1, 0.15) is 0 Å². The van der Waals surface area contributed by atoms with E-state index in [2.05, 4.69) is 9.97 Å². The summed E-state index contributed by atoms with van der Waals surface area (Å²) in [4.78, 5) is 8.20. The number of hydrogen-bond acceptors (Lipinski definition) is 5. The van der Waals surface area contributed by atoms with Crippen molar-refractivity contribution in [3.63, 3.8) is 0 Å². The molecule has 0 atom stereocenters. The van der Waals surface area contributed by atoms with E-state index in [-0.39, 0.29) is 6.61 Å². The van der Waals surface area contributed by atoms with Crippen LogP contribution in [0.3, 0.4) is 0 Å². The highest BCUT2D eigenvalue weighted by atomic mass is 32.2. The zero-order valence-electron chi connectivity index (χ0n) is 8.14. The fourth-order valence-electron chi connectivity index (χ4n) is 0.866. The van der Waals surface area contributed by atoms with Gasteiger partial charge in [0.05, 0.1) is 6.61 Å². The topological polar surface area (TPSA) is 55.2 Å². The molecule has 0 unspecified atom stereocenters. The van der Waals surface area contributed by atoms with E-state index in [4.69, 9.17) is 9.84 Å². The number of rotatable bonds is 6. The minimum atomic E-state index is -0.00534. The number of ether oxygens (including phenoxy) is 1. The van der Waals surface area contributed by atoms with Crippen molar-refractivity contribution >= 4 is 11.8 Å². The lowest BCUT2D eigenvalue weighted by Crippen LogP contribution is -1.94. The number of aliphatic hydroxyl groups excluding tert-OH is 1. The number of nitrogens with zero attached hydrogens (tertiary/aromatic N) is 2. The molecular formula is C9H14N2O2S. The second-order valence-corrected chi connectivity index (χ2v) is 3.79. The summed E-state index contributed by atoms with van der Waals surface area (Å²) in [5.74, 6) is 0.951. The molecule has 0 aliphatic rings. The van der Waals surface area contributed by atoms with Crippen molar-refractivity contribution in [1.82, 2.24) is 9.97 Å². The lowest BCUT2D eigenvalue weighted by molar-refractivity contribution is 0.200. The maximum atomic E-state index is 8.77. The largest absolute Gasteiger partial charge is 0.392 e. The predicted octanol–water partition coefficient (Wildman–Crippen LogP) is 1.10. The van der Waals surface area contributed by atoms with Gasteiger partial charge in [-0.05, 0) is 6.42 Å². The lowest BCUT2D eigenvalue weighted by atomic mass is 10.4. The molecule has 0 radical (unpaired) electrons. The van der Waals surface area contributed by atoms with Crippen molar-refractivity contribution in [3.05, 3.63) is 18.0 Å². The molecule has 14 heavy (non-hydrogen) atoms. The number of aliphatic hydroxyl groups is 1. The molecule has 0 saturated carbocycles. The van der Waals surface area contributed by atoms with Gasteiger partial charge in [-0.25, -0.2) is 9.97 Å². The maximum Gasteiger partial charge on any atom is 0.187 e. The second kappa shape index (κ2) is 6.75. The third-order valence-electron chi connectivity index (χ3n) is 1.59. The molecule has 0 fully saturated rings. The van der Waals surface area contributed by atoms with E-state index in [1.807, 2.05) is 0 Å². The summed E-state index contributed by atoms with van der Waals surface area (Å²) in [6.45, 7) is 0.760. The third kappa shape index (κ3) is 4.04. The van der Waals surface area contributed by atoms with E-state index in [1.54, 1.807) is 31.3 Å². The van der Waals surface area contributed by atoms with Crippen molar-refractivity contribution in [2.24, 2.45) is 0 Å². The average molecular weight is 214 g/mol. The van der Waals surface area contributed by atoms with Gasteiger partial charge < -0.3 is 9.84 Å². The van der Waals surface area contributed by atoms with Crippen molar-refractivity contribution in [3.8, 4) is 0 Å². The van der Waals surface area contributed by atoms with E-state index >= 15 is 0 Å². The monoisotopic (exact) mass is 214 g/mol. The Morgan fingerprint density at radius 1 is 1.43 bits per heavy atom. The Kier molecular flexibility index (Phi) is 5.51. The average Bonchev–Trinajstić information content (AvgIpc) is 2.25. The Balaban J connectivity index is 2.29. The molecular weight excluding hydrogens is 200 g/mol. The first-order valence-electron chi connectivity index (χ1n) is 4.40. The Hall–Kier alpha value is -0.650. The van der Waals surface area contributed by atoms with Crippen LogP contribution in [0.5, 0.6) is 0 Å². The molecule has 5 heteroatoms. The zero-order valence-corrected chi connectivity index (χ0v) is 8.96. The van der Waals surface area contributed by atoms with Gasteiger partial charge in [-0.15, -0.1) is 0 Å². The molecule has 1 aromatic heterocycles. The fraction of sp³-hybridized carbons (Fsp3) is 0.556. The van der Waals surface area contributed by atoms with Crippen LogP contribution in [0.1, 0.15) is 12.0 Å². The number of thioether (sulfide) groups is 1. The first-order valence-corrected chi connectivity index (χ1v) is 5.39. The van der Waals surface area contributed by atoms with Crippen LogP contribution in [0.25, 0.3) is 0 Å². The lowest BCUT2D eigenvalue weighted by Gasteiger charge is -2.00. The standard InChI is InChI=1S/C9H14N2O2S/c1-13-3-2-4-14-9-10-5-8(7-12)6-11-9/h5-6,12H,2-4,7H2,1H3. The summed E-state index contributed by atoms with van der Waals surface area (Å²) < 4.78 is 4.93. The smallest absolute Gasteiger partial charge is 0.187 e. The molecule has 1 aromatic rings. The highest BCUT2D eigenvalue weighted by molar-refractivity contribution is 7.99. The van der Waals surface area contributed by atoms with Crippen LogP contribution < -0.4 is 0 Å². The van der Waals surface area contributed by atoms with Crippen LogP contribution in [-0.2, 0) is 11.3 Å². The zero-order chi connectivity index (χ0) is 10.2. The normalized spacial score (nSPS) is 10.4. The molecule has 0 bridgehead atoms. The highest BCUT2D eigenvalue weighted by Gasteiger charge is 1.97. The van der Waals surface area contributed by atoms with Gasteiger partial charge in [0.15, 0.2) is 5.16 Å². The Morgan fingerprint density at radius 3 is 2.71 bits per heavy atom. The predicted molar refractivity (Wildman–Crippen MR) is 55.2 cm³/mol. The molecule has 4 nitrogen and oxygen atoms in total. The van der Waals surface area contributed by atoms with Gasteiger partial charge in [0.2, 0.25) is 0 Å². The van der Waals surface area contributed by atoms with E-state index < -0.39 is 0 Å². The van der Waals surface area contributed by atoms with Crippen LogP contribution in [0.15, 0.2) is 17.6 Å². The summed E-state index contributed by atoms with van der Waals surface area (Å²) in [6, 6.07) is 0. The number of hydrogen-bond donors (Lipinski definition) is 1. The van der Waals surface area contributed by atoms with Gasteiger partial charge >= 0.3 is 0 Å². The summed E-state index contributed by atoms with van der Waals surface area (Å²) in [5.41, 5.74) is 0.742. The first-order chi connectivity index (χ1) is 6.86. The highest BCUT2D eigenvalue weighted by Crippen LogP contribution is 2.12. The Bertz CT molecular complexity index is 253. The van der Waals surface area contributed by atoms with Crippen molar-refractivity contribution < 1.29 is 9.84 Å². The van der Waals surface area contributed by atoms with Crippen LogP contribution >= 0.6 is 11.8 Å². The molecule has 1 rings (SSSR count). The summed E-state index contributed by atoms with van der Waals surface area (Å²) in [6.07, 6.45) is 4.28. The van der Waals surface area contributed by atoms with Gasteiger partial charge in [-0.2, -0.15) is 0 Å². The Morgan fingerprint density at radius 2 is 2.14 bits per heavy atom. The van der Waals surface area contributed by atoms with Crippen LogP contribution in [0.2, 0.25) is 0 Å². The quantitative estimate of drug-likeness (QED) is 0.436. The van der Waals surface area contributed by atoms with Gasteiger partial charge in [-0.3, -0.25) is 0 Å². The summed E-state index contributed by atoms with van der Waals surface area (Å²) in [7, 11) is 1.69. The fourth-order valence-corrected chi connectivity index (χ4v) is 1.57. The van der Waals surface area contributed by atoms with Gasteiger partial charge in [0.25, 0.3) is 0 Å². The molecule has 1 heterocycles. The second-order valence-electron chi connectivity index (χ2n) is 2.73. The SMILES string of the molecule is COCCCSc1ncc(CO)cn1. The number of methoxy groups -OCH3 is 1. The molecule has 0 aliphatic heterocycles. The van der Waals surface area contributed by atoms with Gasteiger partial charge in [0, 0.05) is 37.4 Å². The molecule has 0 aliphatic carbocycles. The molecule has 1 N–H and O–H groups in total. The number of aromatic nitrogens is 2. The van der Waals surface area contributed by atoms with Crippen molar-refractivity contribution in [2.45, 2.75) is 18.2 Å². The minimum absolute atomic E-state index is 0.00534. The van der Waals surface area contributed by atoms with E-state index in [9.17, 15) is 0 Å².